The Morgan fingerprint density at radius 3 is 2.84 bits per heavy atom. The van der Waals surface area contributed by atoms with Crippen LogP contribution < -0.4 is 5.32 Å². The number of ether oxygens (including phenoxy) is 1. The molecule has 0 aliphatic heterocycles. The van der Waals surface area contributed by atoms with Gasteiger partial charge in [-0.2, -0.15) is 0 Å². The molecule has 0 atom stereocenters. The van der Waals surface area contributed by atoms with E-state index in [1.807, 2.05) is 0 Å². The van der Waals surface area contributed by atoms with Gasteiger partial charge in [0.1, 0.15) is 0 Å². The number of rotatable bonds is 9. The van der Waals surface area contributed by atoms with Crippen molar-refractivity contribution in [1.29, 1.82) is 0 Å². The number of nitrogens with zero attached hydrogens (tertiary/aromatic N) is 1. The molecule has 0 fully saturated rings. The molecular weight excluding hydrogens is 268 g/mol. The first kappa shape index (κ1) is 15.9. The van der Waals surface area contributed by atoms with Gasteiger partial charge in [-0.1, -0.05) is 24.9 Å². The third-order valence-corrected chi connectivity index (χ3v) is 2.98. The van der Waals surface area contributed by atoms with Gasteiger partial charge in [0.25, 0.3) is 5.69 Å². The van der Waals surface area contributed by atoms with Crippen LogP contribution in [0.3, 0.4) is 0 Å². The molecule has 0 unspecified atom stereocenters. The minimum atomic E-state index is -0.454. The van der Waals surface area contributed by atoms with Crippen LogP contribution in [0.15, 0.2) is 18.2 Å². The molecule has 0 saturated heterocycles. The number of non-ortho nitro benzene ring substituents is 1. The van der Waals surface area contributed by atoms with E-state index >= 15 is 0 Å². The predicted molar refractivity (Wildman–Crippen MR) is 75.5 cm³/mol. The van der Waals surface area contributed by atoms with Gasteiger partial charge in [0.2, 0.25) is 0 Å². The normalized spacial score (nSPS) is 10.6. The van der Waals surface area contributed by atoms with E-state index < -0.39 is 4.92 Å². The highest BCUT2D eigenvalue weighted by atomic mass is 35.5. The van der Waals surface area contributed by atoms with Crippen molar-refractivity contribution in [3.8, 4) is 0 Å². The number of nitrogens with one attached hydrogen (secondary N) is 1. The van der Waals surface area contributed by atoms with Crippen LogP contribution in [0.4, 0.5) is 5.69 Å². The van der Waals surface area contributed by atoms with Crippen molar-refractivity contribution in [2.45, 2.75) is 26.3 Å². The van der Waals surface area contributed by atoms with Gasteiger partial charge < -0.3 is 10.1 Å². The number of hydrogen-bond donors (Lipinski definition) is 1. The van der Waals surface area contributed by atoms with Crippen LogP contribution in [0.25, 0.3) is 0 Å². The van der Waals surface area contributed by atoms with Gasteiger partial charge in [0.05, 0.1) is 16.6 Å². The molecule has 0 amide bonds. The van der Waals surface area contributed by atoms with E-state index in [0.29, 0.717) is 18.2 Å². The molecule has 0 aromatic heterocycles. The first-order chi connectivity index (χ1) is 9.15. The Morgan fingerprint density at radius 2 is 2.21 bits per heavy atom. The monoisotopic (exact) mass is 286 g/mol. The van der Waals surface area contributed by atoms with E-state index in [4.69, 9.17) is 16.3 Å². The number of halogens is 1. The lowest BCUT2D eigenvalue weighted by Crippen LogP contribution is -2.19. The first-order valence-electron chi connectivity index (χ1n) is 6.36. The second-order valence-corrected chi connectivity index (χ2v) is 4.58. The fraction of sp³-hybridized carbons (Fsp3) is 0.538. The molecule has 0 bridgehead atoms. The van der Waals surface area contributed by atoms with Crippen LogP contribution in [0, 0.1) is 10.1 Å². The molecule has 5 nitrogen and oxygen atoms in total. The molecule has 0 aliphatic carbocycles. The summed E-state index contributed by atoms with van der Waals surface area (Å²) in [5.41, 5.74) is 0.859. The van der Waals surface area contributed by atoms with Gasteiger partial charge in [-0.15, -0.1) is 0 Å². The zero-order valence-corrected chi connectivity index (χ0v) is 11.8. The van der Waals surface area contributed by atoms with Crippen LogP contribution in [-0.2, 0) is 11.3 Å². The summed E-state index contributed by atoms with van der Waals surface area (Å²) in [6, 6.07) is 4.50. The molecule has 1 N–H and O–H groups in total. The second-order valence-electron chi connectivity index (χ2n) is 4.18. The third-order valence-electron chi connectivity index (χ3n) is 2.63. The van der Waals surface area contributed by atoms with Crippen LogP contribution in [0.1, 0.15) is 25.3 Å². The van der Waals surface area contributed by atoms with Gasteiger partial charge in [-0.05, 0) is 18.1 Å². The highest BCUT2D eigenvalue weighted by Gasteiger charge is 2.08. The lowest BCUT2D eigenvalue weighted by Gasteiger charge is -2.07. The van der Waals surface area contributed by atoms with Crippen molar-refractivity contribution in [1.82, 2.24) is 5.32 Å². The summed E-state index contributed by atoms with van der Waals surface area (Å²) >= 11 is 5.98. The van der Waals surface area contributed by atoms with E-state index in [1.165, 1.54) is 12.1 Å². The van der Waals surface area contributed by atoms with Gasteiger partial charge in [0, 0.05) is 31.8 Å². The van der Waals surface area contributed by atoms with E-state index in [1.54, 1.807) is 6.07 Å². The number of nitro groups is 1. The zero-order chi connectivity index (χ0) is 14.1. The lowest BCUT2D eigenvalue weighted by atomic mass is 10.2. The maximum Gasteiger partial charge on any atom is 0.270 e. The molecule has 19 heavy (non-hydrogen) atoms. The Morgan fingerprint density at radius 1 is 1.42 bits per heavy atom. The minimum absolute atomic E-state index is 0.0108. The summed E-state index contributed by atoms with van der Waals surface area (Å²) in [5, 5.41) is 14.2. The minimum Gasteiger partial charge on any atom is -0.380 e. The van der Waals surface area contributed by atoms with Gasteiger partial charge in [0.15, 0.2) is 0 Å². The van der Waals surface area contributed by atoms with Crippen LogP contribution >= 0.6 is 11.6 Å². The number of unbranched alkanes of at least 4 members (excludes halogenated alkanes) is 1. The van der Waals surface area contributed by atoms with E-state index in [9.17, 15) is 10.1 Å². The fourth-order valence-corrected chi connectivity index (χ4v) is 1.75. The fourth-order valence-electron chi connectivity index (χ4n) is 1.51. The van der Waals surface area contributed by atoms with Gasteiger partial charge >= 0.3 is 0 Å². The molecule has 6 heteroatoms. The number of nitro benzene ring substituents is 1. The Balaban J connectivity index is 2.28. The molecule has 0 spiro atoms. The highest BCUT2D eigenvalue weighted by molar-refractivity contribution is 6.31. The standard InChI is InChI=1S/C13H19ClN2O3/c1-2-3-7-19-8-6-15-10-11-4-5-12(16(17)18)9-13(11)14/h4-5,9,15H,2-3,6-8,10H2,1H3. The van der Waals surface area contributed by atoms with E-state index in [-0.39, 0.29) is 5.69 Å². The van der Waals surface area contributed by atoms with Crippen molar-refractivity contribution in [3.05, 3.63) is 38.9 Å². The summed E-state index contributed by atoms with van der Waals surface area (Å²) in [4.78, 5) is 10.1. The average Bonchev–Trinajstić information content (AvgIpc) is 2.39. The smallest absolute Gasteiger partial charge is 0.270 e. The van der Waals surface area contributed by atoms with Crippen LogP contribution in [-0.4, -0.2) is 24.7 Å². The molecule has 0 heterocycles. The van der Waals surface area contributed by atoms with E-state index in [2.05, 4.69) is 12.2 Å². The first-order valence-corrected chi connectivity index (χ1v) is 6.74. The Hall–Kier alpha value is -1.17. The molecule has 0 saturated carbocycles. The maximum absolute atomic E-state index is 10.6. The second kappa shape index (κ2) is 8.85. The predicted octanol–water partition coefficient (Wildman–Crippen LogP) is 3.15. The SMILES string of the molecule is CCCCOCCNCc1ccc([N+](=O)[O-])cc1Cl. The Labute approximate surface area is 118 Å². The molecule has 106 valence electrons. The van der Waals surface area contributed by atoms with E-state index in [0.717, 1.165) is 31.6 Å². The largest absolute Gasteiger partial charge is 0.380 e. The summed E-state index contributed by atoms with van der Waals surface area (Å²) in [7, 11) is 0. The maximum atomic E-state index is 10.6. The van der Waals surface area contributed by atoms with Crippen LogP contribution in [0.5, 0.6) is 0 Å². The van der Waals surface area contributed by atoms with Gasteiger partial charge in [-0.3, -0.25) is 10.1 Å². The topological polar surface area (TPSA) is 64.4 Å². The molecular formula is C13H19ClN2O3. The highest BCUT2D eigenvalue weighted by Crippen LogP contribution is 2.22. The Bertz CT molecular complexity index is 413. The molecule has 0 radical (unpaired) electrons. The Kier molecular flexibility index (Phi) is 7.40. The molecule has 1 aromatic rings. The van der Waals surface area contributed by atoms with Crippen molar-refractivity contribution < 1.29 is 9.66 Å². The lowest BCUT2D eigenvalue weighted by molar-refractivity contribution is -0.384. The summed E-state index contributed by atoms with van der Waals surface area (Å²) < 4.78 is 5.41. The van der Waals surface area contributed by atoms with Crippen molar-refractivity contribution >= 4 is 17.3 Å². The van der Waals surface area contributed by atoms with Crippen molar-refractivity contribution in [3.63, 3.8) is 0 Å². The molecule has 1 aromatic carbocycles. The van der Waals surface area contributed by atoms with Crippen molar-refractivity contribution in [2.24, 2.45) is 0 Å². The molecule has 0 aliphatic rings. The average molecular weight is 287 g/mol. The van der Waals surface area contributed by atoms with Crippen molar-refractivity contribution in [2.75, 3.05) is 19.8 Å². The zero-order valence-electron chi connectivity index (χ0n) is 11.0. The number of hydrogen-bond acceptors (Lipinski definition) is 4. The summed E-state index contributed by atoms with van der Waals surface area (Å²) in [6.45, 7) is 4.88. The third kappa shape index (κ3) is 6.00. The quantitative estimate of drug-likeness (QED) is 0.430. The molecule has 1 rings (SSSR count). The summed E-state index contributed by atoms with van der Waals surface area (Å²) in [6.07, 6.45) is 2.21. The van der Waals surface area contributed by atoms with Gasteiger partial charge in [-0.25, -0.2) is 0 Å². The van der Waals surface area contributed by atoms with Crippen LogP contribution in [0.2, 0.25) is 5.02 Å². The number of benzene rings is 1. The summed E-state index contributed by atoms with van der Waals surface area (Å²) in [5.74, 6) is 0.